The minimum absolute atomic E-state index is 0.0675. The number of benzene rings is 2. The van der Waals surface area contributed by atoms with Crippen molar-refractivity contribution < 1.29 is 19.4 Å². The summed E-state index contributed by atoms with van der Waals surface area (Å²) in [5, 5.41) is 8.75. The minimum atomic E-state index is -0.830. The Morgan fingerprint density at radius 3 is 2.20 bits per heavy atom. The zero-order chi connectivity index (χ0) is 18.6. The Kier molecular flexibility index (Phi) is 5.62. The number of ether oxygens (including phenoxy) is 1. The molecule has 0 aliphatic rings. The average Bonchev–Trinajstić information content (AvgIpc) is 2.58. The molecule has 0 amide bonds. The smallest absolute Gasteiger partial charge is 0.303 e. The summed E-state index contributed by atoms with van der Waals surface area (Å²) in [6, 6.07) is 12.8. The van der Waals surface area contributed by atoms with E-state index in [0.29, 0.717) is 23.3 Å². The topological polar surface area (TPSA) is 63.6 Å². The summed E-state index contributed by atoms with van der Waals surface area (Å²) in [6.07, 6.45) is 0.529. The average molecular weight is 340 g/mol. The van der Waals surface area contributed by atoms with Crippen LogP contribution in [0.2, 0.25) is 0 Å². The van der Waals surface area contributed by atoms with Crippen molar-refractivity contribution >= 4 is 11.8 Å². The second kappa shape index (κ2) is 7.51. The van der Waals surface area contributed by atoms with Gasteiger partial charge in [-0.2, -0.15) is 0 Å². The number of methoxy groups -OCH3 is 1. The highest BCUT2D eigenvalue weighted by Crippen LogP contribution is 2.29. The van der Waals surface area contributed by atoms with Gasteiger partial charge in [-0.3, -0.25) is 9.59 Å². The van der Waals surface area contributed by atoms with E-state index in [-0.39, 0.29) is 17.6 Å². The molecule has 0 heterocycles. The normalized spacial score (nSPS) is 11.2. The quantitative estimate of drug-likeness (QED) is 0.799. The van der Waals surface area contributed by atoms with Crippen molar-refractivity contribution in [3.05, 3.63) is 64.7 Å². The van der Waals surface area contributed by atoms with Crippen LogP contribution in [0.15, 0.2) is 42.5 Å². The Morgan fingerprint density at radius 2 is 1.68 bits per heavy atom. The van der Waals surface area contributed by atoms with Crippen molar-refractivity contribution in [3.63, 3.8) is 0 Å². The third-order valence-electron chi connectivity index (χ3n) is 4.15. The number of rotatable bonds is 6. The van der Waals surface area contributed by atoms with E-state index in [1.54, 1.807) is 31.4 Å². The lowest BCUT2D eigenvalue weighted by Gasteiger charge is -2.20. The molecule has 0 radical (unpaired) electrons. The molecule has 0 unspecified atom stereocenters. The van der Waals surface area contributed by atoms with Crippen molar-refractivity contribution in [1.29, 1.82) is 0 Å². The molecule has 0 atom stereocenters. The first-order valence-electron chi connectivity index (χ1n) is 8.26. The Morgan fingerprint density at radius 1 is 1.04 bits per heavy atom. The van der Waals surface area contributed by atoms with E-state index in [9.17, 15) is 9.59 Å². The Bertz CT molecular complexity index is 767. The monoisotopic (exact) mass is 340 g/mol. The number of hydrogen-bond acceptors (Lipinski definition) is 3. The van der Waals surface area contributed by atoms with Crippen LogP contribution in [0.3, 0.4) is 0 Å². The predicted octanol–water partition coefficient (Wildman–Crippen LogP) is 4.24. The molecule has 4 nitrogen and oxygen atoms in total. The molecule has 1 N–H and O–H groups in total. The molecule has 2 rings (SSSR count). The molecule has 0 aromatic heterocycles. The summed E-state index contributed by atoms with van der Waals surface area (Å²) in [5.41, 5.74) is 2.99. The number of aliphatic carboxylic acids is 1. The van der Waals surface area contributed by atoms with E-state index >= 15 is 0 Å². The Hall–Kier alpha value is -2.62. The summed E-state index contributed by atoms with van der Waals surface area (Å²) in [4.78, 5) is 23.6. The summed E-state index contributed by atoms with van der Waals surface area (Å²) < 4.78 is 5.36. The second-order valence-corrected chi connectivity index (χ2v) is 7.08. The molecule has 0 fully saturated rings. The second-order valence-electron chi connectivity index (χ2n) is 7.08. The molecular weight excluding hydrogens is 316 g/mol. The van der Waals surface area contributed by atoms with Gasteiger partial charge in [0.25, 0.3) is 0 Å². The van der Waals surface area contributed by atoms with Gasteiger partial charge in [0.15, 0.2) is 5.78 Å². The van der Waals surface area contributed by atoms with Crippen molar-refractivity contribution in [1.82, 2.24) is 0 Å². The molecule has 4 heteroatoms. The maximum atomic E-state index is 12.9. The SMILES string of the molecule is COc1ccc(C(C)(C)C)cc1C(=O)c1ccc(CCC(=O)O)cc1. The molecule has 0 spiro atoms. The summed E-state index contributed by atoms with van der Waals surface area (Å²) >= 11 is 0. The molecule has 2 aromatic rings. The molecule has 0 aliphatic carbocycles. The molecule has 0 saturated heterocycles. The van der Waals surface area contributed by atoms with Gasteiger partial charge in [-0.1, -0.05) is 51.1 Å². The van der Waals surface area contributed by atoms with Gasteiger partial charge >= 0.3 is 5.97 Å². The molecule has 2 aromatic carbocycles. The third-order valence-corrected chi connectivity index (χ3v) is 4.15. The van der Waals surface area contributed by atoms with Crippen LogP contribution in [-0.2, 0) is 16.6 Å². The number of carboxylic acids is 1. The van der Waals surface area contributed by atoms with Gasteiger partial charge in [0.2, 0.25) is 0 Å². The molecule has 0 bridgehead atoms. The third kappa shape index (κ3) is 4.69. The zero-order valence-electron chi connectivity index (χ0n) is 15.1. The number of aryl methyl sites for hydroxylation is 1. The lowest BCUT2D eigenvalue weighted by molar-refractivity contribution is -0.136. The standard InChI is InChI=1S/C21H24O4/c1-21(2,3)16-10-11-18(25-4)17(13-16)20(24)15-8-5-14(6-9-15)7-12-19(22)23/h5-6,8-11,13H,7,12H2,1-4H3,(H,22,23). The van der Waals surface area contributed by atoms with Crippen LogP contribution in [-0.4, -0.2) is 24.0 Å². The van der Waals surface area contributed by atoms with Crippen LogP contribution < -0.4 is 4.74 Å². The van der Waals surface area contributed by atoms with Crippen molar-refractivity contribution in [2.75, 3.05) is 7.11 Å². The molecule has 25 heavy (non-hydrogen) atoms. The predicted molar refractivity (Wildman–Crippen MR) is 97.5 cm³/mol. The maximum absolute atomic E-state index is 12.9. The Balaban J connectivity index is 2.31. The van der Waals surface area contributed by atoms with E-state index in [4.69, 9.17) is 9.84 Å². The number of ketones is 1. The fourth-order valence-electron chi connectivity index (χ4n) is 2.58. The first-order valence-corrected chi connectivity index (χ1v) is 8.26. The summed E-state index contributed by atoms with van der Waals surface area (Å²) in [5.74, 6) is -0.385. The number of carboxylic acid groups (broad SMARTS) is 1. The van der Waals surface area contributed by atoms with Gasteiger partial charge in [-0.25, -0.2) is 0 Å². The van der Waals surface area contributed by atoms with Crippen LogP contribution in [0.25, 0.3) is 0 Å². The highest BCUT2D eigenvalue weighted by molar-refractivity contribution is 6.10. The first kappa shape index (κ1) is 18.7. The molecule has 0 saturated carbocycles. The van der Waals surface area contributed by atoms with E-state index in [2.05, 4.69) is 20.8 Å². The zero-order valence-corrected chi connectivity index (χ0v) is 15.1. The van der Waals surface area contributed by atoms with Crippen LogP contribution in [0.4, 0.5) is 0 Å². The van der Waals surface area contributed by atoms with Crippen molar-refractivity contribution in [3.8, 4) is 5.75 Å². The van der Waals surface area contributed by atoms with E-state index in [1.165, 1.54) is 0 Å². The van der Waals surface area contributed by atoms with Gasteiger partial charge in [0, 0.05) is 12.0 Å². The minimum Gasteiger partial charge on any atom is -0.496 e. The van der Waals surface area contributed by atoms with Gasteiger partial charge in [-0.15, -0.1) is 0 Å². The highest BCUT2D eigenvalue weighted by Gasteiger charge is 2.20. The van der Waals surface area contributed by atoms with Gasteiger partial charge in [-0.05, 0) is 35.1 Å². The summed E-state index contributed by atoms with van der Waals surface area (Å²) in [7, 11) is 1.55. The van der Waals surface area contributed by atoms with Crippen molar-refractivity contribution in [2.45, 2.75) is 39.0 Å². The largest absolute Gasteiger partial charge is 0.496 e. The lowest BCUT2D eigenvalue weighted by atomic mass is 9.85. The first-order chi connectivity index (χ1) is 11.7. The van der Waals surface area contributed by atoms with Crippen LogP contribution >= 0.6 is 0 Å². The molecule has 0 aliphatic heterocycles. The van der Waals surface area contributed by atoms with Gasteiger partial charge < -0.3 is 9.84 Å². The highest BCUT2D eigenvalue weighted by atomic mass is 16.5. The molecular formula is C21H24O4. The Labute approximate surface area is 148 Å². The van der Waals surface area contributed by atoms with Crippen molar-refractivity contribution in [2.24, 2.45) is 0 Å². The van der Waals surface area contributed by atoms with Gasteiger partial charge in [0.05, 0.1) is 12.7 Å². The maximum Gasteiger partial charge on any atom is 0.303 e. The van der Waals surface area contributed by atoms with Crippen LogP contribution in [0.1, 0.15) is 54.2 Å². The number of carbonyl (C=O) groups excluding carboxylic acids is 1. The number of hydrogen-bond donors (Lipinski definition) is 1. The molecule has 132 valence electrons. The fraction of sp³-hybridized carbons (Fsp3) is 0.333. The van der Waals surface area contributed by atoms with E-state index < -0.39 is 5.97 Å². The van der Waals surface area contributed by atoms with Crippen LogP contribution in [0.5, 0.6) is 5.75 Å². The fourth-order valence-corrected chi connectivity index (χ4v) is 2.58. The number of carbonyl (C=O) groups is 2. The lowest BCUT2D eigenvalue weighted by Crippen LogP contribution is -2.13. The van der Waals surface area contributed by atoms with Gasteiger partial charge in [0.1, 0.15) is 5.75 Å². The summed E-state index contributed by atoms with van der Waals surface area (Å²) in [6.45, 7) is 6.29. The van der Waals surface area contributed by atoms with E-state index in [1.807, 2.05) is 18.2 Å². The van der Waals surface area contributed by atoms with E-state index in [0.717, 1.165) is 11.1 Å². The van der Waals surface area contributed by atoms with Crippen LogP contribution in [0, 0.1) is 0 Å².